The van der Waals surface area contributed by atoms with Gasteiger partial charge in [-0.25, -0.2) is 9.18 Å². The van der Waals surface area contributed by atoms with Crippen LogP contribution in [0.15, 0.2) is 66.7 Å². The average Bonchev–Trinajstić information content (AvgIpc) is 2.80. The van der Waals surface area contributed by atoms with Crippen LogP contribution in [-0.2, 0) is 17.5 Å². The second-order valence-electron chi connectivity index (χ2n) is 7.20. The van der Waals surface area contributed by atoms with Crippen molar-refractivity contribution in [3.05, 3.63) is 94.8 Å². The van der Waals surface area contributed by atoms with Crippen molar-refractivity contribution in [3.8, 4) is 16.9 Å². The molecule has 3 aromatic rings. The number of carbonyl (C=O) groups is 2. The van der Waals surface area contributed by atoms with Gasteiger partial charge in [-0.3, -0.25) is 4.79 Å². The van der Waals surface area contributed by atoms with Gasteiger partial charge in [-0.2, -0.15) is 13.2 Å². The molecule has 0 atom stereocenters. The first kappa shape index (κ1) is 24.5. The molecule has 0 saturated carbocycles. The minimum Gasteiger partial charge on any atom is -0.496 e. The molecule has 0 spiro atoms. The summed E-state index contributed by atoms with van der Waals surface area (Å²) in [6.45, 7) is -0.0745. The summed E-state index contributed by atoms with van der Waals surface area (Å²) < 4.78 is 57.6. The van der Waals surface area contributed by atoms with E-state index in [2.05, 4.69) is 5.32 Å². The summed E-state index contributed by atoms with van der Waals surface area (Å²) in [5, 5.41) is 11.3. The van der Waals surface area contributed by atoms with Gasteiger partial charge in [0.25, 0.3) is 5.91 Å². The number of carboxylic acid groups (broad SMARTS) is 1. The van der Waals surface area contributed by atoms with E-state index in [0.29, 0.717) is 22.9 Å². The normalized spacial score (nSPS) is 11.4. The third-order valence-electron chi connectivity index (χ3n) is 4.90. The van der Waals surface area contributed by atoms with E-state index >= 15 is 0 Å². The predicted octanol–water partition coefficient (Wildman–Crippen LogP) is 5.55. The number of rotatable bonds is 7. The van der Waals surface area contributed by atoms with E-state index in [-0.39, 0.29) is 12.6 Å². The number of ether oxygens (including phenoxy) is 1. The Kier molecular flexibility index (Phi) is 7.35. The molecule has 0 aliphatic carbocycles. The zero-order valence-electron chi connectivity index (χ0n) is 17.8. The minimum atomic E-state index is -4.72. The van der Waals surface area contributed by atoms with E-state index in [9.17, 15) is 27.2 Å². The number of amides is 1. The maximum absolute atomic E-state index is 14.1. The highest BCUT2D eigenvalue weighted by atomic mass is 19.4. The second kappa shape index (κ2) is 10.2. The van der Waals surface area contributed by atoms with Crippen LogP contribution in [0.25, 0.3) is 17.2 Å². The van der Waals surface area contributed by atoms with Crippen LogP contribution >= 0.6 is 0 Å². The fourth-order valence-corrected chi connectivity index (χ4v) is 3.23. The van der Waals surface area contributed by atoms with Crippen LogP contribution in [-0.4, -0.2) is 24.1 Å². The Bertz CT molecular complexity index is 1250. The maximum Gasteiger partial charge on any atom is 0.416 e. The molecule has 34 heavy (non-hydrogen) atoms. The summed E-state index contributed by atoms with van der Waals surface area (Å²) in [5.41, 5.74) is 1.04. The Morgan fingerprint density at radius 2 is 1.76 bits per heavy atom. The molecular weight excluding hydrogens is 454 g/mol. The number of hydrogen-bond donors (Lipinski definition) is 2. The van der Waals surface area contributed by atoms with Crippen molar-refractivity contribution in [2.45, 2.75) is 12.7 Å². The van der Waals surface area contributed by atoms with Gasteiger partial charge in [0.15, 0.2) is 0 Å². The molecule has 1 amide bonds. The largest absolute Gasteiger partial charge is 0.496 e. The van der Waals surface area contributed by atoms with Gasteiger partial charge in [0, 0.05) is 18.2 Å². The Morgan fingerprint density at radius 3 is 2.41 bits per heavy atom. The first-order valence-corrected chi connectivity index (χ1v) is 9.92. The summed E-state index contributed by atoms with van der Waals surface area (Å²) in [7, 11) is 1.44. The maximum atomic E-state index is 14.1. The predicted molar refractivity (Wildman–Crippen MR) is 118 cm³/mol. The molecule has 0 fully saturated rings. The van der Waals surface area contributed by atoms with Crippen molar-refractivity contribution in [2.24, 2.45) is 0 Å². The zero-order valence-corrected chi connectivity index (χ0v) is 17.8. The molecule has 0 unspecified atom stereocenters. The van der Waals surface area contributed by atoms with E-state index in [0.717, 1.165) is 23.3 Å². The number of methoxy groups -OCH3 is 1. The van der Waals surface area contributed by atoms with Crippen molar-refractivity contribution < 1.29 is 37.0 Å². The SMILES string of the molecule is COc1ccc(-c2cccc(C=CC(=O)O)c2)cc1CNC(=O)c1ccc(C(F)(F)F)cc1F. The molecule has 0 saturated heterocycles. The topological polar surface area (TPSA) is 75.6 Å². The lowest BCUT2D eigenvalue weighted by Crippen LogP contribution is -2.24. The number of aliphatic carboxylic acids is 1. The van der Waals surface area contributed by atoms with Crippen molar-refractivity contribution in [1.82, 2.24) is 5.32 Å². The lowest BCUT2D eigenvalue weighted by Gasteiger charge is -2.13. The van der Waals surface area contributed by atoms with Crippen LogP contribution in [0.1, 0.15) is 27.0 Å². The quantitative estimate of drug-likeness (QED) is 0.349. The summed E-state index contributed by atoms with van der Waals surface area (Å²) in [6, 6.07) is 14.0. The highest BCUT2D eigenvalue weighted by Crippen LogP contribution is 2.31. The molecule has 3 aromatic carbocycles. The van der Waals surface area contributed by atoms with Crippen molar-refractivity contribution in [2.75, 3.05) is 7.11 Å². The average molecular weight is 473 g/mol. The minimum absolute atomic E-state index is 0.0745. The van der Waals surface area contributed by atoms with Gasteiger partial charge >= 0.3 is 12.1 Å². The monoisotopic (exact) mass is 473 g/mol. The summed E-state index contributed by atoms with van der Waals surface area (Å²) in [4.78, 5) is 23.1. The smallest absolute Gasteiger partial charge is 0.416 e. The number of carbonyl (C=O) groups excluding carboxylic acids is 1. The van der Waals surface area contributed by atoms with Crippen LogP contribution in [0.3, 0.4) is 0 Å². The van der Waals surface area contributed by atoms with E-state index in [1.54, 1.807) is 36.4 Å². The fourth-order valence-electron chi connectivity index (χ4n) is 3.23. The Hall–Kier alpha value is -4.14. The first-order valence-electron chi connectivity index (χ1n) is 9.92. The van der Waals surface area contributed by atoms with Gasteiger partial charge < -0.3 is 15.2 Å². The highest BCUT2D eigenvalue weighted by Gasteiger charge is 2.31. The van der Waals surface area contributed by atoms with Crippen molar-refractivity contribution in [3.63, 3.8) is 0 Å². The second-order valence-corrected chi connectivity index (χ2v) is 7.20. The standard InChI is InChI=1S/C25H19F4NO4/c1-34-22-9-6-17(16-4-2-3-15(11-16)5-10-23(31)32)12-18(22)14-30-24(33)20-8-7-19(13-21(20)26)25(27,28)29/h2-13H,14H2,1H3,(H,30,33)(H,31,32). The van der Waals surface area contributed by atoms with Gasteiger partial charge in [-0.05, 0) is 59.2 Å². The third kappa shape index (κ3) is 6.00. The molecule has 0 heterocycles. The molecule has 0 radical (unpaired) electrons. The Balaban J connectivity index is 1.82. The van der Waals surface area contributed by atoms with Crippen LogP contribution < -0.4 is 10.1 Å². The van der Waals surface area contributed by atoms with Crippen LogP contribution in [0, 0.1) is 5.82 Å². The van der Waals surface area contributed by atoms with E-state index in [4.69, 9.17) is 9.84 Å². The first-order chi connectivity index (χ1) is 16.1. The van der Waals surface area contributed by atoms with E-state index < -0.39 is 35.0 Å². The number of benzene rings is 3. The molecule has 9 heteroatoms. The van der Waals surface area contributed by atoms with Gasteiger partial charge in [0.1, 0.15) is 11.6 Å². The van der Waals surface area contributed by atoms with Gasteiger partial charge in [0.05, 0.1) is 18.2 Å². The molecule has 5 nitrogen and oxygen atoms in total. The van der Waals surface area contributed by atoms with Crippen LogP contribution in [0.4, 0.5) is 17.6 Å². The summed E-state index contributed by atoms with van der Waals surface area (Å²) in [5.74, 6) is -2.78. The van der Waals surface area contributed by atoms with Crippen molar-refractivity contribution in [1.29, 1.82) is 0 Å². The molecule has 2 N–H and O–H groups in total. The number of halogens is 4. The molecule has 0 bridgehead atoms. The molecule has 176 valence electrons. The fraction of sp³-hybridized carbons (Fsp3) is 0.120. The Morgan fingerprint density at radius 1 is 1.03 bits per heavy atom. The number of carboxylic acids is 1. The zero-order chi connectivity index (χ0) is 24.9. The lowest BCUT2D eigenvalue weighted by molar-refractivity contribution is -0.137. The van der Waals surface area contributed by atoms with E-state index in [1.807, 2.05) is 6.07 Å². The number of alkyl halides is 3. The highest BCUT2D eigenvalue weighted by molar-refractivity contribution is 5.94. The van der Waals surface area contributed by atoms with Gasteiger partial charge in [-0.15, -0.1) is 0 Å². The number of hydrogen-bond acceptors (Lipinski definition) is 3. The van der Waals surface area contributed by atoms with Gasteiger partial charge in [-0.1, -0.05) is 24.3 Å². The van der Waals surface area contributed by atoms with Crippen LogP contribution in [0.2, 0.25) is 0 Å². The molecule has 3 rings (SSSR count). The summed E-state index contributed by atoms with van der Waals surface area (Å²) >= 11 is 0. The number of nitrogens with one attached hydrogen (secondary N) is 1. The van der Waals surface area contributed by atoms with E-state index in [1.165, 1.54) is 13.2 Å². The molecule has 0 aromatic heterocycles. The third-order valence-corrected chi connectivity index (χ3v) is 4.90. The lowest BCUT2D eigenvalue weighted by atomic mass is 10.00. The summed E-state index contributed by atoms with van der Waals surface area (Å²) in [6.07, 6.45) is -2.24. The molecule has 0 aliphatic rings. The van der Waals surface area contributed by atoms with Crippen LogP contribution in [0.5, 0.6) is 5.75 Å². The Labute approximate surface area is 192 Å². The molecular formula is C25H19F4NO4. The van der Waals surface area contributed by atoms with Gasteiger partial charge in [0.2, 0.25) is 0 Å². The molecule has 0 aliphatic heterocycles. The van der Waals surface area contributed by atoms with Crippen molar-refractivity contribution >= 4 is 18.0 Å².